The number of nitrogen functional groups attached to an aromatic ring is 1. The van der Waals surface area contributed by atoms with Crippen LogP contribution in [0.2, 0.25) is 0 Å². The number of nitrogens with one attached hydrogen (secondary N) is 1. The normalized spacial score (nSPS) is 10.2. The molecular weight excluding hydrogens is 218 g/mol. The summed E-state index contributed by atoms with van der Waals surface area (Å²) in [7, 11) is 0. The van der Waals surface area contributed by atoms with Gasteiger partial charge in [0.25, 0.3) is 5.56 Å². The van der Waals surface area contributed by atoms with Crippen LogP contribution in [0.3, 0.4) is 0 Å². The van der Waals surface area contributed by atoms with E-state index in [1.807, 2.05) is 0 Å². The van der Waals surface area contributed by atoms with E-state index in [1.165, 1.54) is 6.07 Å². The molecule has 0 atom stereocenters. The summed E-state index contributed by atoms with van der Waals surface area (Å²) in [5.74, 6) is -0.664. The van der Waals surface area contributed by atoms with E-state index < -0.39 is 16.4 Å². The predicted octanol–water partition coefficient (Wildman–Crippen LogP) is -0.0847. The van der Waals surface area contributed by atoms with E-state index in [0.717, 1.165) is 6.07 Å². The van der Waals surface area contributed by atoms with Crippen molar-refractivity contribution in [3.63, 3.8) is 0 Å². The number of nitrogens with two attached hydrogens (primary N) is 1. The van der Waals surface area contributed by atoms with Crippen LogP contribution in [0.15, 0.2) is 21.3 Å². The summed E-state index contributed by atoms with van der Waals surface area (Å²) in [6, 6.07) is 2.38. The molecule has 2 rings (SSSR count). The van der Waals surface area contributed by atoms with Gasteiger partial charge in [-0.3, -0.25) is 19.9 Å². The number of H-pyrrole nitrogens is 1. The number of rotatable bonds is 2. The van der Waals surface area contributed by atoms with Crippen molar-refractivity contribution in [2.24, 2.45) is 0 Å². The van der Waals surface area contributed by atoms with Crippen LogP contribution in [0, 0.1) is 10.1 Å². The second kappa shape index (κ2) is 3.46. The van der Waals surface area contributed by atoms with Gasteiger partial charge in [0.05, 0.1) is 6.07 Å². The smallest absolute Gasteiger partial charge is 0.399 e. The van der Waals surface area contributed by atoms with Gasteiger partial charge < -0.3 is 10.2 Å². The Hall–Kier alpha value is -2.71. The van der Waals surface area contributed by atoms with Gasteiger partial charge in [-0.15, -0.1) is 10.2 Å². The molecule has 0 aromatic carbocycles. The number of furan rings is 1. The van der Waals surface area contributed by atoms with E-state index in [2.05, 4.69) is 15.2 Å². The monoisotopic (exact) mass is 223 g/mol. The minimum atomic E-state index is -0.720. The van der Waals surface area contributed by atoms with Crippen molar-refractivity contribution in [3.8, 4) is 11.5 Å². The molecule has 0 fully saturated rings. The Labute approximate surface area is 87.1 Å². The Bertz CT molecular complexity index is 601. The minimum absolute atomic E-state index is 0.0412. The summed E-state index contributed by atoms with van der Waals surface area (Å²) >= 11 is 0. The number of aromatic amines is 1. The highest BCUT2D eigenvalue weighted by molar-refractivity contribution is 5.51. The molecule has 0 saturated heterocycles. The van der Waals surface area contributed by atoms with Gasteiger partial charge in [0.1, 0.15) is 4.92 Å². The van der Waals surface area contributed by atoms with Crippen LogP contribution in [-0.4, -0.2) is 20.1 Å². The Morgan fingerprint density at radius 3 is 2.75 bits per heavy atom. The number of hydrogen-bond donors (Lipinski definition) is 2. The van der Waals surface area contributed by atoms with Crippen LogP contribution in [-0.2, 0) is 0 Å². The molecule has 82 valence electrons. The maximum absolute atomic E-state index is 11.4. The van der Waals surface area contributed by atoms with E-state index >= 15 is 0 Å². The van der Waals surface area contributed by atoms with Gasteiger partial charge in [0.15, 0.2) is 11.5 Å². The Kier molecular flexibility index (Phi) is 2.12. The van der Waals surface area contributed by atoms with Crippen LogP contribution in [0.25, 0.3) is 11.5 Å². The Morgan fingerprint density at radius 1 is 1.44 bits per heavy atom. The third-order valence-corrected chi connectivity index (χ3v) is 1.72. The second-order valence-corrected chi connectivity index (χ2v) is 2.78. The molecule has 9 nitrogen and oxygen atoms in total. The number of hydrogen-bond acceptors (Lipinski definition) is 7. The van der Waals surface area contributed by atoms with Crippen molar-refractivity contribution in [2.75, 3.05) is 5.73 Å². The molecule has 2 aromatic rings. The predicted molar refractivity (Wildman–Crippen MR) is 51.4 cm³/mol. The van der Waals surface area contributed by atoms with Gasteiger partial charge in [-0.05, 0) is 6.07 Å². The summed E-state index contributed by atoms with van der Waals surface area (Å²) in [5, 5.41) is 17.3. The molecule has 0 unspecified atom stereocenters. The number of aromatic nitrogens is 3. The van der Waals surface area contributed by atoms with Crippen LogP contribution in [0.1, 0.15) is 0 Å². The first-order valence-corrected chi connectivity index (χ1v) is 4.05. The van der Waals surface area contributed by atoms with Gasteiger partial charge in [-0.1, -0.05) is 0 Å². The highest BCUT2D eigenvalue weighted by Gasteiger charge is 2.16. The third kappa shape index (κ3) is 1.61. The van der Waals surface area contributed by atoms with Crippen LogP contribution >= 0.6 is 0 Å². The molecule has 0 aliphatic rings. The summed E-state index contributed by atoms with van der Waals surface area (Å²) < 4.78 is 4.79. The molecule has 0 saturated carbocycles. The van der Waals surface area contributed by atoms with E-state index in [-0.39, 0.29) is 17.4 Å². The molecule has 0 spiro atoms. The molecule has 0 amide bonds. The van der Waals surface area contributed by atoms with Crippen molar-refractivity contribution in [1.29, 1.82) is 0 Å². The number of nitro groups is 1. The van der Waals surface area contributed by atoms with Gasteiger partial charge in [0.2, 0.25) is 5.95 Å². The van der Waals surface area contributed by atoms with Crippen molar-refractivity contribution in [3.05, 3.63) is 32.6 Å². The molecule has 0 aliphatic heterocycles. The SMILES string of the molecule is Nc1nnc(-c2ccc([N+](=O)[O-])o2)c(=O)[nH]1. The topological polar surface area (TPSA) is 141 Å². The highest BCUT2D eigenvalue weighted by atomic mass is 16.6. The zero-order valence-electron chi connectivity index (χ0n) is 7.71. The summed E-state index contributed by atoms with van der Waals surface area (Å²) in [5.41, 5.74) is 4.40. The van der Waals surface area contributed by atoms with Crippen molar-refractivity contribution < 1.29 is 9.34 Å². The van der Waals surface area contributed by atoms with Crippen molar-refractivity contribution in [1.82, 2.24) is 15.2 Å². The molecule has 3 N–H and O–H groups in total. The van der Waals surface area contributed by atoms with Crippen molar-refractivity contribution >= 4 is 11.8 Å². The molecular formula is C7H5N5O4. The number of anilines is 1. The average Bonchev–Trinajstić information content (AvgIpc) is 2.66. The third-order valence-electron chi connectivity index (χ3n) is 1.72. The average molecular weight is 223 g/mol. The van der Waals surface area contributed by atoms with Crippen LogP contribution in [0.4, 0.5) is 11.8 Å². The zero-order chi connectivity index (χ0) is 11.7. The minimum Gasteiger partial charge on any atom is -0.399 e. The molecule has 0 radical (unpaired) electrons. The fourth-order valence-electron chi connectivity index (χ4n) is 1.06. The van der Waals surface area contributed by atoms with E-state index in [9.17, 15) is 14.9 Å². The molecule has 2 aromatic heterocycles. The first-order valence-electron chi connectivity index (χ1n) is 4.05. The Morgan fingerprint density at radius 2 is 2.19 bits per heavy atom. The Balaban J connectivity index is 2.51. The van der Waals surface area contributed by atoms with E-state index in [4.69, 9.17) is 10.2 Å². The van der Waals surface area contributed by atoms with Gasteiger partial charge in [-0.25, -0.2) is 0 Å². The van der Waals surface area contributed by atoms with Crippen molar-refractivity contribution in [2.45, 2.75) is 0 Å². The van der Waals surface area contributed by atoms with Gasteiger partial charge in [-0.2, -0.15) is 0 Å². The fourth-order valence-corrected chi connectivity index (χ4v) is 1.06. The number of nitrogens with zero attached hydrogens (tertiary/aromatic N) is 3. The molecule has 0 aliphatic carbocycles. The lowest BCUT2D eigenvalue weighted by molar-refractivity contribution is -0.401. The first kappa shape index (κ1) is 9.83. The summed E-state index contributed by atoms with van der Waals surface area (Å²) in [4.78, 5) is 23.2. The largest absolute Gasteiger partial charge is 0.433 e. The lowest BCUT2D eigenvalue weighted by Gasteiger charge is -1.93. The van der Waals surface area contributed by atoms with Crippen LogP contribution < -0.4 is 11.3 Å². The summed E-state index contributed by atoms with van der Waals surface area (Å²) in [6.07, 6.45) is 0. The highest BCUT2D eigenvalue weighted by Crippen LogP contribution is 2.21. The quantitative estimate of drug-likeness (QED) is 0.535. The maximum atomic E-state index is 11.4. The fraction of sp³-hybridized carbons (Fsp3) is 0. The first-order chi connectivity index (χ1) is 7.58. The molecule has 0 bridgehead atoms. The standard InChI is InChI=1S/C7H5N5O4/c8-7-9-6(13)5(10-11-7)3-1-2-4(16-3)12(14)15/h1-2H,(H3,8,9,11,13). The van der Waals surface area contributed by atoms with Gasteiger partial charge >= 0.3 is 5.88 Å². The molecule has 2 heterocycles. The van der Waals surface area contributed by atoms with Gasteiger partial charge in [0, 0.05) is 0 Å². The summed E-state index contributed by atoms with van der Waals surface area (Å²) in [6.45, 7) is 0. The zero-order valence-corrected chi connectivity index (χ0v) is 7.71. The lowest BCUT2D eigenvalue weighted by atomic mass is 10.3. The maximum Gasteiger partial charge on any atom is 0.433 e. The molecule has 9 heteroatoms. The van der Waals surface area contributed by atoms with E-state index in [1.54, 1.807) is 0 Å². The lowest BCUT2D eigenvalue weighted by Crippen LogP contribution is -2.15. The van der Waals surface area contributed by atoms with E-state index in [0.29, 0.717) is 0 Å². The van der Waals surface area contributed by atoms with Crippen LogP contribution in [0.5, 0.6) is 0 Å². The second-order valence-electron chi connectivity index (χ2n) is 2.78. The molecule has 16 heavy (non-hydrogen) atoms.